The van der Waals surface area contributed by atoms with Gasteiger partial charge in [-0.25, -0.2) is 9.97 Å². The van der Waals surface area contributed by atoms with Crippen molar-refractivity contribution in [3.63, 3.8) is 0 Å². The van der Waals surface area contributed by atoms with E-state index in [9.17, 15) is 0 Å². The first-order valence-electron chi connectivity index (χ1n) is 7.85. The van der Waals surface area contributed by atoms with E-state index in [4.69, 9.17) is 14.4 Å². The fourth-order valence-electron chi connectivity index (χ4n) is 2.58. The summed E-state index contributed by atoms with van der Waals surface area (Å²) in [6.45, 7) is 10.4. The van der Waals surface area contributed by atoms with Gasteiger partial charge in [-0.15, -0.1) is 0 Å². The number of aryl methyl sites for hydroxylation is 3. The summed E-state index contributed by atoms with van der Waals surface area (Å²) in [4.78, 5) is 9.57. The van der Waals surface area contributed by atoms with Crippen LogP contribution in [0.4, 0.5) is 0 Å². The number of aromatic nitrogens is 2. The second-order valence-corrected chi connectivity index (χ2v) is 5.12. The van der Waals surface area contributed by atoms with Crippen LogP contribution < -0.4 is 5.32 Å². The molecular formula is C17H25N3O. The van der Waals surface area contributed by atoms with Crippen molar-refractivity contribution in [3.05, 3.63) is 35.0 Å². The molecule has 2 aromatic heterocycles. The molecule has 0 saturated heterocycles. The van der Waals surface area contributed by atoms with Gasteiger partial charge in [0.05, 0.1) is 11.8 Å². The van der Waals surface area contributed by atoms with Gasteiger partial charge in [0.2, 0.25) is 0 Å². The molecule has 0 aliphatic rings. The standard InChI is InChI=1S/C17H25N3O/c1-5-15-14(8-10-18-7-3)16(6-2)20-17(19-15)13-9-11-21-12(13)4/h9,11,18H,5-8,10H2,1-4H3. The minimum atomic E-state index is 0.794. The molecule has 0 fully saturated rings. The highest BCUT2D eigenvalue weighted by Crippen LogP contribution is 2.24. The third-order valence-corrected chi connectivity index (χ3v) is 3.75. The van der Waals surface area contributed by atoms with E-state index in [-0.39, 0.29) is 0 Å². The van der Waals surface area contributed by atoms with E-state index in [0.717, 1.165) is 60.9 Å². The summed E-state index contributed by atoms with van der Waals surface area (Å²) in [6.07, 6.45) is 4.55. The number of nitrogens with one attached hydrogen (secondary N) is 1. The predicted molar refractivity (Wildman–Crippen MR) is 85.5 cm³/mol. The fraction of sp³-hybridized carbons (Fsp3) is 0.529. The largest absolute Gasteiger partial charge is 0.469 e. The smallest absolute Gasteiger partial charge is 0.163 e. The van der Waals surface area contributed by atoms with Gasteiger partial charge in [0.15, 0.2) is 5.82 Å². The summed E-state index contributed by atoms with van der Waals surface area (Å²) < 4.78 is 5.39. The lowest BCUT2D eigenvalue weighted by Crippen LogP contribution is -2.18. The molecule has 0 amide bonds. The van der Waals surface area contributed by atoms with Crippen LogP contribution >= 0.6 is 0 Å². The van der Waals surface area contributed by atoms with E-state index >= 15 is 0 Å². The Morgan fingerprint density at radius 2 is 1.76 bits per heavy atom. The van der Waals surface area contributed by atoms with Crippen LogP contribution in [0.1, 0.15) is 43.5 Å². The Balaban J connectivity index is 2.41. The van der Waals surface area contributed by atoms with Crippen molar-refractivity contribution in [3.8, 4) is 11.4 Å². The van der Waals surface area contributed by atoms with Crippen molar-refractivity contribution in [1.82, 2.24) is 15.3 Å². The first-order chi connectivity index (χ1) is 10.2. The quantitative estimate of drug-likeness (QED) is 0.794. The van der Waals surface area contributed by atoms with E-state index in [1.165, 1.54) is 5.56 Å². The Bertz CT molecular complexity index is 564. The maximum absolute atomic E-state index is 5.39. The van der Waals surface area contributed by atoms with Gasteiger partial charge in [0, 0.05) is 11.4 Å². The van der Waals surface area contributed by atoms with Crippen LogP contribution in [0.5, 0.6) is 0 Å². The zero-order chi connectivity index (χ0) is 15.2. The lowest BCUT2D eigenvalue weighted by Gasteiger charge is -2.14. The van der Waals surface area contributed by atoms with Gasteiger partial charge in [-0.05, 0) is 50.9 Å². The second kappa shape index (κ2) is 7.36. The minimum Gasteiger partial charge on any atom is -0.469 e. The number of rotatable bonds is 7. The molecule has 2 rings (SSSR count). The summed E-state index contributed by atoms with van der Waals surface area (Å²) in [5, 5.41) is 3.38. The van der Waals surface area contributed by atoms with Gasteiger partial charge in [0.1, 0.15) is 5.76 Å². The molecule has 4 nitrogen and oxygen atoms in total. The van der Waals surface area contributed by atoms with Crippen molar-refractivity contribution in [1.29, 1.82) is 0 Å². The molecule has 2 heterocycles. The van der Waals surface area contributed by atoms with Crippen LogP contribution in [-0.2, 0) is 19.3 Å². The van der Waals surface area contributed by atoms with Crippen molar-refractivity contribution >= 4 is 0 Å². The topological polar surface area (TPSA) is 51.0 Å². The molecule has 0 aliphatic heterocycles. The summed E-state index contributed by atoms with van der Waals surface area (Å²) in [5.41, 5.74) is 4.63. The average molecular weight is 287 g/mol. The normalized spacial score (nSPS) is 11.0. The Morgan fingerprint density at radius 3 is 2.24 bits per heavy atom. The Labute approximate surface area is 127 Å². The molecule has 0 saturated carbocycles. The number of furan rings is 1. The van der Waals surface area contributed by atoms with E-state index < -0.39 is 0 Å². The molecular weight excluding hydrogens is 262 g/mol. The highest BCUT2D eigenvalue weighted by atomic mass is 16.3. The van der Waals surface area contributed by atoms with Crippen LogP contribution in [-0.4, -0.2) is 23.1 Å². The molecule has 0 aromatic carbocycles. The first kappa shape index (κ1) is 15.7. The van der Waals surface area contributed by atoms with Crippen LogP contribution in [0.2, 0.25) is 0 Å². The third kappa shape index (κ3) is 3.50. The van der Waals surface area contributed by atoms with Crippen LogP contribution in [0.25, 0.3) is 11.4 Å². The SMILES string of the molecule is CCNCCc1c(CC)nc(-c2ccoc2C)nc1CC. The van der Waals surface area contributed by atoms with Gasteiger partial charge < -0.3 is 9.73 Å². The van der Waals surface area contributed by atoms with Crippen molar-refractivity contribution in [2.24, 2.45) is 0 Å². The molecule has 2 aromatic rings. The molecule has 0 spiro atoms. The lowest BCUT2D eigenvalue weighted by molar-refractivity contribution is 0.535. The number of likely N-dealkylation sites (N-methyl/N-ethyl adjacent to an activating group) is 1. The molecule has 0 radical (unpaired) electrons. The highest BCUT2D eigenvalue weighted by molar-refractivity contribution is 5.57. The zero-order valence-corrected chi connectivity index (χ0v) is 13.5. The molecule has 0 unspecified atom stereocenters. The summed E-state index contributed by atoms with van der Waals surface area (Å²) in [5.74, 6) is 1.67. The maximum atomic E-state index is 5.39. The number of nitrogens with zero attached hydrogens (tertiary/aromatic N) is 2. The second-order valence-electron chi connectivity index (χ2n) is 5.12. The first-order valence-corrected chi connectivity index (χ1v) is 7.85. The van der Waals surface area contributed by atoms with Crippen molar-refractivity contribution in [2.75, 3.05) is 13.1 Å². The maximum Gasteiger partial charge on any atom is 0.163 e. The van der Waals surface area contributed by atoms with Gasteiger partial charge in [-0.1, -0.05) is 20.8 Å². The third-order valence-electron chi connectivity index (χ3n) is 3.75. The highest BCUT2D eigenvalue weighted by Gasteiger charge is 2.15. The molecule has 0 aliphatic carbocycles. The monoisotopic (exact) mass is 287 g/mol. The molecule has 114 valence electrons. The van der Waals surface area contributed by atoms with E-state index in [0.29, 0.717) is 0 Å². The Morgan fingerprint density at radius 1 is 1.10 bits per heavy atom. The van der Waals surface area contributed by atoms with Crippen LogP contribution in [0.3, 0.4) is 0 Å². The average Bonchev–Trinajstić information content (AvgIpc) is 2.93. The summed E-state index contributed by atoms with van der Waals surface area (Å²) in [7, 11) is 0. The van der Waals surface area contributed by atoms with E-state index in [1.807, 2.05) is 13.0 Å². The molecule has 21 heavy (non-hydrogen) atoms. The van der Waals surface area contributed by atoms with Gasteiger partial charge in [-0.2, -0.15) is 0 Å². The predicted octanol–water partition coefficient (Wildman–Crippen LogP) is 3.32. The van der Waals surface area contributed by atoms with Crippen molar-refractivity contribution < 1.29 is 4.42 Å². The number of hydrogen-bond acceptors (Lipinski definition) is 4. The zero-order valence-electron chi connectivity index (χ0n) is 13.5. The summed E-state index contributed by atoms with van der Waals surface area (Å²) >= 11 is 0. The van der Waals surface area contributed by atoms with Crippen LogP contribution in [0.15, 0.2) is 16.7 Å². The van der Waals surface area contributed by atoms with Gasteiger partial charge >= 0.3 is 0 Å². The number of hydrogen-bond donors (Lipinski definition) is 1. The van der Waals surface area contributed by atoms with E-state index in [1.54, 1.807) is 6.26 Å². The molecule has 0 bridgehead atoms. The molecule has 0 atom stereocenters. The van der Waals surface area contributed by atoms with Gasteiger partial charge in [-0.3, -0.25) is 0 Å². The summed E-state index contributed by atoms with van der Waals surface area (Å²) in [6, 6.07) is 1.95. The molecule has 4 heteroatoms. The van der Waals surface area contributed by atoms with E-state index in [2.05, 4.69) is 26.1 Å². The lowest BCUT2D eigenvalue weighted by atomic mass is 10.0. The van der Waals surface area contributed by atoms with Gasteiger partial charge in [0.25, 0.3) is 0 Å². The Hall–Kier alpha value is -1.68. The Kier molecular flexibility index (Phi) is 5.51. The fourth-order valence-corrected chi connectivity index (χ4v) is 2.58. The minimum absolute atomic E-state index is 0.794. The molecule has 1 N–H and O–H groups in total. The van der Waals surface area contributed by atoms with Crippen LogP contribution in [0, 0.1) is 6.92 Å². The van der Waals surface area contributed by atoms with Crippen molar-refractivity contribution in [2.45, 2.75) is 47.0 Å².